The fraction of sp³-hybridized carbons (Fsp3) is 0.348. The maximum Gasteiger partial charge on any atom is 0.227 e. The molecule has 0 spiro atoms. The molecule has 5 heteroatoms. The molecule has 0 aliphatic heterocycles. The number of nitrogens with zero attached hydrogens (tertiary/aromatic N) is 1. The zero-order valence-corrected chi connectivity index (χ0v) is 16.3. The lowest BCUT2D eigenvalue weighted by molar-refractivity contribution is -0.125. The number of hydrogen-bond acceptors (Lipinski definition) is 3. The second kappa shape index (κ2) is 8.71. The summed E-state index contributed by atoms with van der Waals surface area (Å²) in [7, 11) is 0. The zero-order chi connectivity index (χ0) is 20.1. The summed E-state index contributed by atoms with van der Waals surface area (Å²) < 4.78 is 0. The molecular weight excluding hydrogens is 350 g/mol. The average Bonchev–Trinajstić information content (AvgIpc) is 2.71. The van der Waals surface area contributed by atoms with Crippen LogP contribution in [0.2, 0.25) is 0 Å². The fourth-order valence-electron chi connectivity index (χ4n) is 3.61. The van der Waals surface area contributed by atoms with E-state index in [9.17, 15) is 9.59 Å². The molecule has 2 N–H and O–H groups in total. The van der Waals surface area contributed by atoms with Crippen molar-refractivity contribution in [2.75, 3.05) is 10.6 Å². The number of anilines is 2. The van der Waals surface area contributed by atoms with Crippen molar-refractivity contribution in [2.45, 2.75) is 39.5 Å². The smallest absolute Gasteiger partial charge is 0.227 e. The van der Waals surface area contributed by atoms with Gasteiger partial charge in [-0.25, -0.2) is 0 Å². The number of aryl methyl sites for hydroxylation is 2. The largest absolute Gasteiger partial charge is 0.326 e. The van der Waals surface area contributed by atoms with E-state index in [1.54, 1.807) is 24.3 Å². The number of amides is 2. The molecule has 28 heavy (non-hydrogen) atoms. The second-order valence-electron chi connectivity index (χ2n) is 7.48. The van der Waals surface area contributed by atoms with Gasteiger partial charge in [0.25, 0.3) is 0 Å². The number of carbonyl (C=O) groups is 2. The molecule has 0 unspecified atom stereocenters. The van der Waals surface area contributed by atoms with Crippen LogP contribution in [0.25, 0.3) is 0 Å². The molecule has 2 amide bonds. The summed E-state index contributed by atoms with van der Waals surface area (Å²) in [6.45, 7) is 4.07. The van der Waals surface area contributed by atoms with E-state index in [1.165, 1.54) is 5.56 Å². The summed E-state index contributed by atoms with van der Waals surface area (Å²) >= 11 is 0. The molecule has 5 nitrogen and oxygen atoms in total. The van der Waals surface area contributed by atoms with E-state index in [0.29, 0.717) is 36.9 Å². The molecule has 3 rings (SSSR count). The van der Waals surface area contributed by atoms with Gasteiger partial charge >= 0.3 is 0 Å². The molecule has 0 atom stereocenters. The first-order chi connectivity index (χ1) is 13.5. The number of rotatable bonds is 4. The van der Waals surface area contributed by atoms with Crippen molar-refractivity contribution < 1.29 is 9.59 Å². The van der Waals surface area contributed by atoms with Gasteiger partial charge in [-0.1, -0.05) is 18.2 Å². The third kappa shape index (κ3) is 4.58. The number of para-hydroxylation sites is 1. The molecule has 0 saturated heterocycles. The molecule has 0 bridgehead atoms. The van der Waals surface area contributed by atoms with Crippen LogP contribution in [0.1, 0.15) is 42.4 Å². The van der Waals surface area contributed by atoms with Crippen LogP contribution < -0.4 is 10.6 Å². The van der Waals surface area contributed by atoms with Gasteiger partial charge in [-0.3, -0.25) is 9.59 Å². The lowest BCUT2D eigenvalue weighted by atomic mass is 9.81. The van der Waals surface area contributed by atoms with Crippen LogP contribution >= 0.6 is 0 Å². The SMILES string of the molecule is Cc1ccc(NC(=O)C2CCC(C(=O)Nc3ccccc3C#N)CC2)cc1C. The van der Waals surface area contributed by atoms with Gasteiger partial charge in [0, 0.05) is 17.5 Å². The van der Waals surface area contributed by atoms with E-state index in [4.69, 9.17) is 5.26 Å². The van der Waals surface area contributed by atoms with E-state index in [-0.39, 0.29) is 23.7 Å². The summed E-state index contributed by atoms with van der Waals surface area (Å²) in [5, 5.41) is 15.0. The number of nitrogens with one attached hydrogen (secondary N) is 2. The van der Waals surface area contributed by atoms with E-state index in [1.807, 2.05) is 32.0 Å². The van der Waals surface area contributed by atoms with Crippen molar-refractivity contribution in [1.82, 2.24) is 0 Å². The van der Waals surface area contributed by atoms with E-state index < -0.39 is 0 Å². The van der Waals surface area contributed by atoms with Crippen LogP contribution in [-0.2, 0) is 9.59 Å². The maximum atomic E-state index is 12.6. The first-order valence-corrected chi connectivity index (χ1v) is 9.66. The number of nitriles is 1. The maximum absolute atomic E-state index is 12.6. The van der Waals surface area contributed by atoms with Crippen LogP contribution in [0.4, 0.5) is 11.4 Å². The first-order valence-electron chi connectivity index (χ1n) is 9.66. The normalized spacial score (nSPS) is 18.8. The topological polar surface area (TPSA) is 82.0 Å². The third-order valence-corrected chi connectivity index (χ3v) is 5.55. The Morgan fingerprint density at radius 2 is 1.50 bits per heavy atom. The zero-order valence-electron chi connectivity index (χ0n) is 16.3. The second-order valence-corrected chi connectivity index (χ2v) is 7.48. The molecule has 1 saturated carbocycles. The molecule has 2 aromatic rings. The van der Waals surface area contributed by atoms with Crippen molar-refractivity contribution in [3.63, 3.8) is 0 Å². The molecule has 0 heterocycles. The van der Waals surface area contributed by atoms with Crippen LogP contribution in [0.5, 0.6) is 0 Å². The van der Waals surface area contributed by atoms with Gasteiger partial charge in [-0.2, -0.15) is 5.26 Å². The Morgan fingerprint density at radius 1 is 0.893 bits per heavy atom. The summed E-state index contributed by atoms with van der Waals surface area (Å²) in [6, 6.07) is 15.0. The molecule has 144 valence electrons. The fourth-order valence-corrected chi connectivity index (χ4v) is 3.61. The predicted molar refractivity (Wildman–Crippen MR) is 110 cm³/mol. The van der Waals surface area contributed by atoms with Gasteiger partial charge in [0.05, 0.1) is 11.3 Å². The molecular formula is C23H25N3O2. The Bertz CT molecular complexity index is 922. The van der Waals surface area contributed by atoms with Crippen molar-refractivity contribution in [3.05, 3.63) is 59.2 Å². The van der Waals surface area contributed by atoms with Gasteiger partial charge < -0.3 is 10.6 Å². The highest BCUT2D eigenvalue weighted by Gasteiger charge is 2.30. The van der Waals surface area contributed by atoms with Gasteiger partial charge in [0.2, 0.25) is 11.8 Å². The predicted octanol–water partition coefficient (Wildman–Crippen LogP) is 4.56. The summed E-state index contributed by atoms with van der Waals surface area (Å²) in [5.74, 6) is -0.248. The molecule has 0 radical (unpaired) electrons. The first kappa shape index (κ1) is 19.6. The summed E-state index contributed by atoms with van der Waals surface area (Å²) in [6.07, 6.45) is 2.72. The summed E-state index contributed by atoms with van der Waals surface area (Å²) in [4.78, 5) is 25.1. The molecule has 1 aliphatic carbocycles. The Kier molecular flexibility index (Phi) is 6.10. The quantitative estimate of drug-likeness (QED) is 0.822. The van der Waals surface area contributed by atoms with E-state index >= 15 is 0 Å². The van der Waals surface area contributed by atoms with Crippen molar-refractivity contribution in [2.24, 2.45) is 11.8 Å². The van der Waals surface area contributed by atoms with Crippen LogP contribution in [0.15, 0.2) is 42.5 Å². The standard InChI is InChI=1S/C23H25N3O2/c1-15-7-12-20(13-16(15)2)25-22(27)17-8-10-18(11-9-17)23(28)26-21-6-4-3-5-19(21)14-24/h3-7,12-13,17-18H,8-11H2,1-2H3,(H,25,27)(H,26,28). The van der Waals surface area contributed by atoms with Crippen molar-refractivity contribution in [3.8, 4) is 6.07 Å². The number of benzene rings is 2. The lowest BCUT2D eigenvalue weighted by Crippen LogP contribution is -2.32. The minimum atomic E-state index is -0.127. The van der Waals surface area contributed by atoms with E-state index in [2.05, 4.69) is 16.7 Å². The average molecular weight is 375 g/mol. The Labute approximate surface area is 165 Å². The monoisotopic (exact) mass is 375 g/mol. The van der Waals surface area contributed by atoms with Gasteiger partial charge in [-0.05, 0) is 74.9 Å². The third-order valence-electron chi connectivity index (χ3n) is 5.55. The highest BCUT2D eigenvalue weighted by atomic mass is 16.2. The highest BCUT2D eigenvalue weighted by molar-refractivity contribution is 5.95. The summed E-state index contributed by atoms with van der Waals surface area (Å²) in [5.41, 5.74) is 4.17. The molecule has 2 aromatic carbocycles. The molecule has 1 fully saturated rings. The number of carbonyl (C=O) groups excluding carboxylic acids is 2. The minimum Gasteiger partial charge on any atom is -0.326 e. The van der Waals surface area contributed by atoms with Gasteiger partial charge in [-0.15, -0.1) is 0 Å². The number of hydrogen-bond donors (Lipinski definition) is 2. The Balaban J connectivity index is 1.53. The molecule has 1 aliphatic rings. The van der Waals surface area contributed by atoms with Crippen LogP contribution in [0.3, 0.4) is 0 Å². The van der Waals surface area contributed by atoms with Gasteiger partial charge in [0.15, 0.2) is 0 Å². The molecule has 0 aromatic heterocycles. The van der Waals surface area contributed by atoms with E-state index in [0.717, 1.165) is 11.3 Å². The Morgan fingerprint density at radius 3 is 2.11 bits per heavy atom. The van der Waals surface area contributed by atoms with Crippen molar-refractivity contribution >= 4 is 23.2 Å². The highest BCUT2D eigenvalue weighted by Crippen LogP contribution is 2.31. The lowest BCUT2D eigenvalue weighted by Gasteiger charge is -2.27. The van der Waals surface area contributed by atoms with Crippen LogP contribution in [-0.4, -0.2) is 11.8 Å². The Hall–Kier alpha value is -3.13. The van der Waals surface area contributed by atoms with Crippen molar-refractivity contribution in [1.29, 1.82) is 5.26 Å². The minimum absolute atomic E-state index is 0.0249. The van der Waals surface area contributed by atoms with Crippen LogP contribution in [0, 0.1) is 37.0 Å². The van der Waals surface area contributed by atoms with Gasteiger partial charge in [0.1, 0.15) is 6.07 Å².